The summed E-state index contributed by atoms with van der Waals surface area (Å²) in [7, 11) is 0. The van der Waals surface area contributed by atoms with E-state index in [-0.39, 0.29) is 28.5 Å². The van der Waals surface area contributed by atoms with Gasteiger partial charge in [0.25, 0.3) is 5.91 Å². The Morgan fingerprint density at radius 2 is 2.04 bits per heavy atom. The molecule has 6 nitrogen and oxygen atoms in total. The largest absolute Gasteiger partial charge is 0.381 e. The number of aryl methyl sites for hydroxylation is 1. The number of nitrogens with one attached hydrogen (secondary N) is 1. The predicted molar refractivity (Wildman–Crippen MR) is 91.9 cm³/mol. The molecule has 1 fully saturated rings. The minimum atomic E-state index is -0.157. The number of benzene rings is 1. The molecule has 2 heterocycles. The third-order valence-corrected chi connectivity index (χ3v) is 4.62. The number of aromatic amines is 1. The molecule has 1 atom stereocenters. The Labute approximate surface area is 140 Å². The van der Waals surface area contributed by atoms with Crippen molar-refractivity contribution in [2.24, 2.45) is 0 Å². The van der Waals surface area contributed by atoms with Crippen LogP contribution >= 0.6 is 11.6 Å². The van der Waals surface area contributed by atoms with E-state index in [0.29, 0.717) is 6.54 Å². The van der Waals surface area contributed by atoms with Gasteiger partial charge in [-0.2, -0.15) is 5.10 Å². The summed E-state index contributed by atoms with van der Waals surface area (Å²) in [6, 6.07) is 8.51. The van der Waals surface area contributed by atoms with Crippen LogP contribution in [0.4, 0.5) is 11.5 Å². The van der Waals surface area contributed by atoms with Crippen molar-refractivity contribution >= 4 is 29.0 Å². The van der Waals surface area contributed by atoms with Gasteiger partial charge in [-0.1, -0.05) is 29.3 Å². The SMILES string of the molecule is Cc1ccc(N2CCN(C(=O)c3[nH]nc(N)c3Cl)[C@@H](C)C2)cc1. The van der Waals surface area contributed by atoms with Gasteiger partial charge in [0.2, 0.25) is 0 Å². The molecule has 0 aliphatic carbocycles. The number of anilines is 2. The Bertz CT molecular complexity index is 712. The van der Waals surface area contributed by atoms with Gasteiger partial charge in [0, 0.05) is 31.4 Å². The summed E-state index contributed by atoms with van der Waals surface area (Å²) in [6.45, 7) is 6.29. The number of nitrogens with two attached hydrogens (primary N) is 1. The highest BCUT2D eigenvalue weighted by Gasteiger charge is 2.30. The molecule has 7 heteroatoms. The first-order valence-corrected chi connectivity index (χ1v) is 7.97. The van der Waals surface area contributed by atoms with Crippen LogP contribution in [0.1, 0.15) is 23.0 Å². The Kier molecular flexibility index (Phi) is 4.17. The molecule has 1 aromatic carbocycles. The quantitative estimate of drug-likeness (QED) is 0.884. The molecule has 0 bridgehead atoms. The molecule has 0 saturated carbocycles. The van der Waals surface area contributed by atoms with E-state index in [0.717, 1.165) is 13.1 Å². The van der Waals surface area contributed by atoms with Crippen LogP contribution in [0.25, 0.3) is 0 Å². The number of nitrogens with zero attached hydrogens (tertiary/aromatic N) is 3. The first kappa shape index (κ1) is 15.7. The van der Waals surface area contributed by atoms with Crippen molar-refractivity contribution in [3.05, 3.63) is 40.5 Å². The van der Waals surface area contributed by atoms with Gasteiger partial charge in [-0.05, 0) is 26.0 Å². The molecular weight excluding hydrogens is 314 g/mol. The summed E-state index contributed by atoms with van der Waals surface area (Å²) in [5, 5.41) is 6.62. The number of carbonyl (C=O) groups excluding carboxylic acids is 1. The number of hydrogen-bond acceptors (Lipinski definition) is 4. The van der Waals surface area contributed by atoms with Gasteiger partial charge in [-0.15, -0.1) is 0 Å². The van der Waals surface area contributed by atoms with Crippen molar-refractivity contribution in [2.45, 2.75) is 19.9 Å². The zero-order valence-corrected chi connectivity index (χ0v) is 14.0. The average molecular weight is 334 g/mol. The van der Waals surface area contributed by atoms with E-state index in [1.54, 1.807) is 0 Å². The molecule has 0 spiro atoms. The number of aromatic nitrogens is 2. The van der Waals surface area contributed by atoms with Crippen molar-refractivity contribution in [3.8, 4) is 0 Å². The minimum Gasteiger partial charge on any atom is -0.381 e. The topological polar surface area (TPSA) is 78.2 Å². The van der Waals surface area contributed by atoms with Crippen LogP contribution in [0.2, 0.25) is 5.02 Å². The third-order valence-electron chi connectivity index (χ3n) is 4.23. The highest BCUT2D eigenvalue weighted by molar-refractivity contribution is 6.35. The van der Waals surface area contributed by atoms with Gasteiger partial charge in [0.1, 0.15) is 10.7 Å². The van der Waals surface area contributed by atoms with E-state index < -0.39 is 0 Å². The number of piperazine rings is 1. The zero-order valence-electron chi connectivity index (χ0n) is 13.2. The summed E-state index contributed by atoms with van der Waals surface area (Å²) in [6.07, 6.45) is 0. The van der Waals surface area contributed by atoms with Crippen molar-refractivity contribution < 1.29 is 4.79 Å². The third kappa shape index (κ3) is 2.99. The molecule has 0 unspecified atom stereocenters. The molecule has 0 radical (unpaired) electrons. The fourth-order valence-electron chi connectivity index (χ4n) is 2.88. The highest BCUT2D eigenvalue weighted by atomic mass is 35.5. The lowest BCUT2D eigenvalue weighted by Crippen LogP contribution is -2.54. The fourth-order valence-corrected chi connectivity index (χ4v) is 3.04. The maximum absolute atomic E-state index is 12.6. The first-order valence-electron chi connectivity index (χ1n) is 7.59. The maximum atomic E-state index is 12.6. The first-order chi connectivity index (χ1) is 11.0. The number of amides is 1. The van der Waals surface area contributed by atoms with Crippen molar-refractivity contribution in [1.82, 2.24) is 15.1 Å². The Morgan fingerprint density at radius 3 is 2.61 bits per heavy atom. The second kappa shape index (κ2) is 6.12. The second-order valence-electron chi connectivity index (χ2n) is 5.93. The normalized spacial score (nSPS) is 18.3. The predicted octanol–water partition coefficient (Wildman–Crippen LogP) is 2.30. The second-order valence-corrected chi connectivity index (χ2v) is 6.30. The van der Waals surface area contributed by atoms with Crippen LogP contribution in [0.15, 0.2) is 24.3 Å². The zero-order chi connectivity index (χ0) is 16.6. The van der Waals surface area contributed by atoms with Gasteiger partial charge in [0.05, 0.1) is 0 Å². The highest BCUT2D eigenvalue weighted by Crippen LogP contribution is 2.25. The van der Waals surface area contributed by atoms with Gasteiger partial charge in [0.15, 0.2) is 5.82 Å². The van der Waals surface area contributed by atoms with E-state index in [1.165, 1.54) is 11.3 Å². The maximum Gasteiger partial charge on any atom is 0.273 e. The van der Waals surface area contributed by atoms with Gasteiger partial charge in [-0.3, -0.25) is 9.89 Å². The van der Waals surface area contributed by atoms with E-state index in [4.69, 9.17) is 17.3 Å². The van der Waals surface area contributed by atoms with Crippen LogP contribution in [-0.2, 0) is 0 Å². The number of hydrogen-bond donors (Lipinski definition) is 2. The van der Waals surface area contributed by atoms with Gasteiger partial charge in [-0.25, -0.2) is 0 Å². The van der Waals surface area contributed by atoms with Crippen LogP contribution in [-0.4, -0.2) is 46.7 Å². The number of H-pyrrole nitrogens is 1. The van der Waals surface area contributed by atoms with Crippen LogP contribution < -0.4 is 10.6 Å². The number of halogens is 1. The van der Waals surface area contributed by atoms with E-state index >= 15 is 0 Å². The Hall–Kier alpha value is -2.21. The van der Waals surface area contributed by atoms with Crippen LogP contribution in [0.5, 0.6) is 0 Å². The van der Waals surface area contributed by atoms with Crippen molar-refractivity contribution in [1.29, 1.82) is 0 Å². The molecule has 1 amide bonds. The Morgan fingerprint density at radius 1 is 1.35 bits per heavy atom. The molecular formula is C16H20ClN5O. The Balaban J connectivity index is 1.72. The minimum absolute atomic E-state index is 0.0677. The summed E-state index contributed by atoms with van der Waals surface area (Å²) in [4.78, 5) is 16.7. The lowest BCUT2D eigenvalue weighted by molar-refractivity contribution is 0.0668. The fraction of sp³-hybridized carbons (Fsp3) is 0.375. The van der Waals surface area contributed by atoms with Crippen molar-refractivity contribution in [3.63, 3.8) is 0 Å². The summed E-state index contributed by atoms with van der Waals surface area (Å²) in [5.41, 5.74) is 8.28. The molecule has 1 aliphatic rings. The van der Waals surface area contributed by atoms with Crippen LogP contribution in [0, 0.1) is 6.92 Å². The molecule has 1 aliphatic heterocycles. The standard InChI is InChI=1S/C16H20ClN5O/c1-10-3-5-12(6-4-10)21-7-8-22(11(2)9-21)16(23)14-13(17)15(18)20-19-14/h3-6,11H,7-9H2,1-2H3,(H3,18,19,20)/t11-/m0/s1. The summed E-state index contributed by atoms with van der Waals surface area (Å²) in [5.74, 6) is -0.00350. The molecule has 122 valence electrons. The van der Waals surface area contributed by atoms with Gasteiger partial charge >= 0.3 is 0 Å². The average Bonchev–Trinajstić information content (AvgIpc) is 2.87. The number of nitrogen functional groups attached to an aromatic ring is 1. The number of carbonyl (C=O) groups is 1. The summed E-state index contributed by atoms with van der Waals surface area (Å²) >= 11 is 6.03. The molecule has 3 rings (SSSR count). The van der Waals surface area contributed by atoms with E-state index in [1.807, 2.05) is 11.8 Å². The number of rotatable bonds is 2. The molecule has 1 saturated heterocycles. The van der Waals surface area contributed by atoms with Gasteiger partial charge < -0.3 is 15.5 Å². The molecule has 1 aromatic heterocycles. The molecule has 23 heavy (non-hydrogen) atoms. The summed E-state index contributed by atoms with van der Waals surface area (Å²) < 4.78 is 0. The monoisotopic (exact) mass is 333 g/mol. The lowest BCUT2D eigenvalue weighted by atomic mass is 10.1. The molecule has 2 aromatic rings. The molecule has 3 N–H and O–H groups in total. The smallest absolute Gasteiger partial charge is 0.273 e. The lowest BCUT2D eigenvalue weighted by Gasteiger charge is -2.40. The van der Waals surface area contributed by atoms with E-state index in [2.05, 4.69) is 46.3 Å². The van der Waals surface area contributed by atoms with Crippen LogP contribution in [0.3, 0.4) is 0 Å². The van der Waals surface area contributed by atoms with Crippen molar-refractivity contribution in [2.75, 3.05) is 30.3 Å². The van der Waals surface area contributed by atoms with E-state index in [9.17, 15) is 4.79 Å².